The van der Waals surface area contributed by atoms with Gasteiger partial charge in [0, 0.05) is 29.6 Å². The third-order valence-electron chi connectivity index (χ3n) is 4.96. The summed E-state index contributed by atoms with van der Waals surface area (Å²) in [5.41, 5.74) is 0. The van der Waals surface area contributed by atoms with Gasteiger partial charge in [-0.2, -0.15) is 11.8 Å². The minimum absolute atomic E-state index is 0.727. The van der Waals surface area contributed by atoms with Crippen molar-refractivity contribution in [2.75, 3.05) is 13.1 Å². The molecule has 1 aliphatic heterocycles. The van der Waals surface area contributed by atoms with Crippen LogP contribution in [0.5, 0.6) is 0 Å². The van der Waals surface area contributed by atoms with Gasteiger partial charge in [0.2, 0.25) is 0 Å². The molecule has 2 heteroatoms. The Morgan fingerprint density at radius 3 is 1.74 bits per heavy atom. The number of rotatable bonds is 13. The van der Waals surface area contributed by atoms with E-state index >= 15 is 0 Å². The van der Waals surface area contributed by atoms with Gasteiger partial charge in [0.25, 0.3) is 0 Å². The van der Waals surface area contributed by atoms with E-state index in [0.717, 1.165) is 29.6 Å². The number of unbranched alkanes of at least 4 members (excludes halogenated alkanes) is 4. The lowest BCUT2D eigenvalue weighted by Crippen LogP contribution is -2.42. The zero-order valence-electron chi connectivity index (χ0n) is 15.6. The fourth-order valence-corrected chi connectivity index (χ4v) is 5.52. The first-order chi connectivity index (χ1) is 11.2. The molecule has 1 fully saturated rings. The molecule has 1 heterocycles. The molecule has 0 amide bonds. The second-order valence-electron chi connectivity index (χ2n) is 7.03. The van der Waals surface area contributed by atoms with Gasteiger partial charge < -0.3 is 0 Å². The van der Waals surface area contributed by atoms with Crippen molar-refractivity contribution in [1.82, 2.24) is 4.90 Å². The third kappa shape index (κ3) is 8.44. The average molecular weight is 338 g/mol. The molecule has 1 rings (SSSR count). The maximum atomic E-state index is 3.96. The van der Waals surface area contributed by atoms with Gasteiger partial charge in [0.15, 0.2) is 0 Å². The molecule has 0 aromatic rings. The molecule has 1 saturated heterocycles. The van der Waals surface area contributed by atoms with Gasteiger partial charge in [-0.3, -0.25) is 4.90 Å². The van der Waals surface area contributed by atoms with Crippen molar-refractivity contribution in [3.05, 3.63) is 25.3 Å². The Hall–Kier alpha value is -0.210. The highest BCUT2D eigenvalue weighted by molar-refractivity contribution is 8.00. The summed E-state index contributed by atoms with van der Waals surface area (Å²) < 4.78 is 0. The van der Waals surface area contributed by atoms with E-state index in [1.54, 1.807) is 0 Å². The SMILES string of the molecule is C=CCN(CC=C)C1CC(CCCCC)SC(CCCCC)C1. The van der Waals surface area contributed by atoms with Crippen molar-refractivity contribution in [2.24, 2.45) is 0 Å². The van der Waals surface area contributed by atoms with Gasteiger partial charge in [-0.1, -0.05) is 64.5 Å². The van der Waals surface area contributed by atoms with Gasteiger partial charge in [-0.15, -0.1) is 13.2 Å². The molecule has 0 aromatic heterocycles. The van der Waals surface area contributed by atoms with E-state index in [4.69, 9.17) is 0 Å². The Labute approximate surface area is 150 Å². The lowest BCUT2D eigenvalue weighted by atomic mass is 9.97. The summed E-state index contributed by atoms with van der Waals surface area (Å²) in [6.45, 7) is 14.5. The highest BCUT2D eigenvalue weighted by Gasteiger charge is 2.31. The quantitative estimate of drug-likeness (QED) is 0.280. The molecule has 0 aromatic carbocycles. The van der Waals surface area contributed by atoms with Crippen molar-refractivity contribution < 1.29 is 0 Å². The van der Waals surface area contributed by atoms with Gasteiger partial charge in [0.1, 0.15) is 0 Å². The predicted octanol–water partition coefficient (Wildman–Crippen LogP) is 6.45. The van der Waals surface area contributed by atoms with Crippen LogP contribution in [0.2, 0.25) is 0 Å². The van der Waals surface area contributed by atoms with Crippen molar-refractivity contribution >= 4 is 11.8 Å². The van der Waals surface area contributed by atoms with Crippen LogP contribution in [0.4, 0.5) is 0 Å². The van der Waals surface area contributed by atoms with E-state index in [0.29, 0.717) is 0 Å². The van der Waals surface area contributed by atoms with Gasteiger partial charge >= 0.3 is 0 Å². The fourth-order valence-electron chi connectivity index (χ4n) is 3.70. The van der Waals surface area contributed by atoms with E-state index in [-0.39, 0.29) is 0 Å². The molecule has 0 spiro atoms. The van der Waals surface area contributed by atoms with E-state index in [2.05, 4.69) is 55.8 Å². The first kappa shape index (κ1) is 20.8. The molecule has 0 saturated carbocycles. The predicted molar refractivity (Wildman–Crippen MR) is 108 cm³/mol. The number of nitrogens with zero attached hydrogens (tertiary/aromatic N) is 1. The van der Waals surface area contributed by atoms with Crippen LogP contribution in [0.1, 0.15) is 78.1 Å². The summed E-state index contributed by atoms with van der Waals surface area (Å²) in [5.74, 6) is 0. The molecular weight excluding hydrogens is 298 g/mol. The molecule has 2 unspecified atom stereocenters. The summed E-state index contributed by atoms with van der Waals surface area (Å²) in [5, 5.41) is 1.73. The smallest absolute Gasteiger partial charge is 0.0166 e. The van der Waals surface area contributed by atoms with Gasteiger partial charge in [-0.05, 0) is 25.7 Å². The van der Waals surface area contributed by atoms with Gasteiger partial charge in [-0.25, -0.2) is 0 Å². The summed E-state index contributed by atoms with van der Waals surface area (Å²) in [4.78, 5) is 2.60. The minimum Gasteiger partial charge on any atom is -0.293 e. The van der Waals surface area contributed by atoms with E-state index in [1.807, 2.05) is 0 Å². The van der Waals surface area contributed by atoms with Crippen LogP contribution < -0.4 is 0 Å². The molecule has 0 N–H and O–H groups in total. The first-order valence-corrected chi connectivity index (χ1v) is 10.8. The number of hydrogen-bond donors (Lipinski definition) is 0. The van der Waals surface area contributed by atoms with Crippen LogP contribution in [0, 0.1) is 0 Å². The standard InChI is InChI=1S/C21H39NS/c1-5-9-11-13-20-17-19(22(15-7-3)16-8-4)18-21(23-20)14-12-10-6-2/h7-8,19-21H,3-6,9-18H2,1-2H3. The zero-order valence-corrected chi connectivity index (χ0v) is 16.5. The second-order valence-corrected chi connectivity index (χ2v) is 8.63. The highest BCUT2D eigenvalue weighted by atomic mass is 32.2. The van der Waals surface area contributed by atoms with Gasteiger partial charge in [0.05, 0.1) is 0 Å². The largest absolute Gasteiger partial charge is 0.293 e. The van der Waals surface area contributed by atoms with Crippen LogP contribution in [-0.2, 0) is 0 Å². The zero-order chi connectivity index (χ0) is 16.9. The molecule has 0 aliphatic carbocycles. The normalized spacial score (nSPS) is 24.7. The maximum Gasteiger partial charge on any atom is 0.0166 e. The molecule has 134 valence electrons. The lowest BCUT2D eigenvalue weighted by Gasteiger charge is -2.40. The molecule has 2 atom stereocenters. The lowest BCUT2D eigenvalue weighted by molar-refractivity contribution is 0.205. The maximum absolute atomic E-state index is 3.96. The van der Waals surface area contributed by atoms with Crippen molar-refractivity contribution in [3.63, 3.8) is 0 Å². The third-order valence-corrected chi connectivity index (χ3v) is 6.58. The number of hydrogen-bond acceptors (Lipinski definition) is 2. The van der Waals surface area contributed by atoms with E-state index < -0.39 is 0 Å². The Balaban J connectivity index is 2.61. The topological polar surface area (TPSA) is 3.24 Å². The van der Waals surface area contributed by atoms with Crippen molar-refractivity contribution in [3.8, 4) is 0 Å². The average Bonchev–Trinajstić information content (AvgIpc) is 2.55. The molecule has 0 radical (unpaired) electrons. The highest BCUT2D eigenvalue weighted by Crippen LogP contribution is 2.39. The second kappa shape index (κ2) is 13.1. The summed E-state index contributed by atoms with van der Waals surface area (Å²) in [6.07, 6.45) is 17.9. The van der Waals surface area contributed by atoms with Crippen molar-refractivity contribution in [2.45, 2.75) is 94.6 Å². The molecule has 1 nitrogen and oxygen atoms in total. The Bertz CT molecular complexity index is 287. The van der Waals surface area contributed by atoms with E-state index in [9.17, 15) is 0 Å². The van der Waals surface area contributed by atoms with Crippen molar-refractivity contribution in [1.29, 1.82) is 0 Å². The number of thioether (sulfide) groups is 1. The fraction of sp³-hybridized carbons (Fsp3) is 0.810. The summed E-state index contributed by atoms with van der Waals surface area (Å²) in [7, 11) is 0. The van der Waals surface area contributed by atoms with Crippen LogP contribution in [0.3, 0.4) is 0 Å². The molecule has 23 heavy (non-hydrogen) atoms. The first-order valence-electron chi connectivity index (χ1n) is 9.86. The van der Waals surface area contributed by atoms with Crippen LogP contribution >= 0.6 is 11.8 Å². The van der Waals surface area contributed by atoms with Crippen LogP contribution in [0.25, 0.3) is 0 Å². The summed E-state index contributed by atoms with van der Waals surface area (Å²) >= 11 is 2.31. The molecule has 1 aliphatic rings. The van der Waals surface area contributed by atoms with Crippen LogP contribution in [-0.4, -0.2) is 34.5 Å². The van der Waals surface area contributed by atoms with E-state index in [1.165, 1.54) is 64.2 Å². The van der Waals surface area contributed by atoms with Crippen LogP contribution in [0.15, 0.2) is 25.3 Å². The Morgan fingerprint density at radius 2 is 1.35 bits per heavy atom. The monoisotopic (exact) mass is 337 g/mol. The molecule has 0 bridgehead atoms. The minimum atomic E-state index is 0.727. The molecular formula is C21H39NS. The Kier molecular flexibility index (Phi) is 11.9. The Morgan fingerprint density at radius 1 is 0.870 bits per heavy atom. The summed E-state index contributed by atoms with van der Waals surface area (Å²) in [6, 6.07) is 0.727.